The van der Waals surface area contributed by atoms with Crippen molar-refractivity contribution in [3.63, 3.8) is 0 Å². The summed E-state index contributed by atoms with van der Waals surface area (Å²) in [7, 11) is 1.40. The van der Waals surface area contributed by atoms with Crippen LogP contribution in [0.25, 0.3) is 11.3 Å². The highest BCUT2D eigenvalue weighted by molar-refractivity contribution is 5.72. The van der Waals surface area contributed by atoms with E-state index in [1.54, 1.807) is 18.3 Å². The maximum atomic E-state index is 13.1. The number of halogens is 3. The summed E-state index contributed by atoms with van der Waals surface area (Å²) in [6, 6.07) is 9.03. The fourth-order valence-corrected chi connectivity index (χ4v) is 5.14. The summed E-state index contributed by atoms with van der Waals surface area (Å²) in [4.78, 5) is 25.0. The van der Waals surface area contributed by atoms with Crippen LogP contribution in [0.4, 0.5) is 24.8 Å². The third-order valence-electron chi connectivity index (χ3n) is 7.29. The molecule has 1 unspecified atom stereocenters. The van der Waals surface area contributed by atoms with Gasteiger partial charge in [0.05, 0.1) is 30.0 Å². The van der Waals surface area contributed by atoms with Gasteiger partial charge >= 0.3 is 12.1 Å². The highest BCUT2D eigenvalue weighted by Crippen LogP contribution is 2.43. The Morgan fingerprint density at radius 1 is 1.08 bits per heavy atom. The lowest BCUT2D eigenvalue weighted by molar-refractivity contribution is -0.148. The zero-order valence-electron chi connectivity index (χ0n) is 21.5. The first-order chi connectivity index (χ1) is 18.0. The van der Waals surface area contributed by atoms with Gasteiger partial charge in [-0.25, -0.2) is 9.97 Å². The highest BCUT2D eigenvalue weighted by Gasteiger charge is 2.41. The van der Waals surface area contributed by atoms with Crippen LogP contribution in [-0.2, 0) is 21.3 Å². The van der Waals surface area contributed by atoms with E-state index in [1.165, 1.54) is 7.11 Å². The minimum Gasteiger partial charge on any atom is -0.469 e. The van der Waals surface area contributed by atoms with Crippen LogP contribution in [0.1, 0.15) is 55.8 Å². The van der Waals surface area contributed by atoms with Gasteiger partial charge in [-0.15, -0.1) is 0 Å². The largest absolute Gasteiger partial charge is 0.469 e. The van der Waals surface area contributed by atoms with Crippen LogP contribution < -0.4 is 5.32 Å². The number of anilines is 2. The summed E-state index contributed by atoms with van der Waals surface area (Å²) in [6.45, 7) is 3.78. The standard InChI is InChI=1S/C28H31F3N4O3/c1-4-27(37,20-8-5-18(6-9-20)26(36)38-3)23-10-7-19(16-33-23)22-13-17(2)14-25(34-22)35-24-15-21(11-12-32-24)28(29,30)31/h7,10-16,18,20,37H,4-6,8-9H2,1-3H3,(H,32,34,35). The minimum absolute atomic E-state index is 0.0281. The van der Waals surface area contributed by atoms with Gasteiger partial charge in [-0.05, 0) is 86.9 Å². The van der Waals surface area contributed by atoms with Crippen molar-refractivity contribution < 1.29 is 27.8 Å². The Morgan fingerprint density at radius 2 is 1.82 bits per heavy atom. The minimum atomic E-state index is -4.47. The maximum absolute atomic E-state index is 13.1. The first kappa shape index (κ1) is 27.5. The molecule has 0 saturated heterocycles. The third kappa shape index (κ3) is 5.96. The van der Waals surface area contributed by atoms with E-state index in [2.05, 4.69) is 20.3 Å². The number of aromatic nitrogens is 3. The number of nitrogens with one attached hydrogen (secondary N) is 1. The molecule has 0 radical (unpaired) electrons. The van der Waals surface area contributed by atoms with Gasteiger partial charge in [-0.2, -0.15) is 13.2 Å². The zero-order valence-corrected chi connectivity index (χ0v) is 21.5. The second-order valence-corrected chi connectivity index (χ2v) is 9.75. The summed E-state index contributed by atoms with van der Waals surface area (Å²) in [6.07, 6.45) is 1.48. The summed E-state index contributed by atoms with van der Waals surface area (Å²) >= 11 is 0. The van der Waals surface area contributed by atoms with Crippen molar-refractivity contribution in [3.05, 3.63) is 65.6 Å². The number of aliphatic hydroxyl groups is 1. The molecule has 1 fully saturated rings. The zero-order chi connectivity index (χ0) is 27.5. The van der Waals surface area contributed by atoms with E-state index in [1.807, 2.05) is 26.0 Å². The molecule has 1 saturated carbocycles. The van der Waals surface area contributed by atoms with E-state index < -0.39 is 17.3 Å². The van der Waals surface area contributed by atoms with E-state index in [0.717, 1.165) is 23.9 Å². The first-order valence-corrected chi connectivity index (χ1v) is 12.6. The monoisotopic (exact) mass is 528 g/mol. The van der Waals surface area contributed by atoms with Gasteiger partial charge in [0.2, 0.25) is 0 Å². The smallest absolute Gasteiger partial charge is 0.416 e. The van der Waals surface area contributed by atoms with E-state index >= 15 is 0 Å². The number of hydrogen-bond acceptors (Lipinski definition) is 7. The molecule has 1 aliphatic carbocycles. The fourth-order valence-electron chi connectivity index (χ4n) is 5.14. The average molecular weight is 529 g/mol. The van der Waals surface area contributed by atoms with Crippen LogP contribution in [0, 0.1) is 18.8 Å². The molecular formula is C28H31F3N4O3. The lowest BCUT2D eigenvalue weighted by Gasteiger charge is -2.39. The van der Waals surface area contributed by atoms with Crippen LogP contribution in [0.5, 0.6) is 0 Å². The highest BCUT2D eigenvalue weighted by atomic mass is 19.4. The van der Waals surface area contributed by atoms with Crippen molar-refractivity contribution in [1.29, 1.82) is 0 Å². The van der Waals surface area contributed by atoms with E-state index in [4.69, 9.17) is 4.74 Å². The number of ether oxygens (including phenoxy) is 1. The van der Waals surface area contributed by atoms with Crippen molar-refractivity contribution in [3.8, 4) is 11.3 Å². The summed E-state index contributed by atoms with van der Waals surface area (Å²) in [5.41, 5.74) is 0.763. The van der Waals surface area contributed by atoms with Crippen molar-refractivity contribution in [1.82, 2.24) is 15.0 Å². The molecule has 4 rings (SSSR count). The molecule has 0 amide bonds. The number of pyridine rings is 3. The molecule has 7 nitrogen and oxygen atoms in total. The topological polar surface area (TPSA) is 97.2 Å². The van der Waals surface area contributed by atoms with Gasteiger partial charge in [0.15, 0.2) is 0 Å². The quantitative estimate of drug-likeness (QED) is 0.353. The molecule has 1 atom stereocenters. The van der Waals surface area contributed by atoms with Crippen molar-refractivity contribution in [2.75, 3.05) is 12.4 Å². The molecular weight excluding hydrogens is 497 g/mol. The number of alkyl halides is 3. The van der Waals surface area contributed by atoms with Gasteiger partial charge in [0.1, 0.15) is 17.2 Å². The number of carbonyl (C=O) groups is 1. The van der Waals surface area contributed by atoms with Gasteiger partial charge in [0.25, 0.3) is 0 Å². The molecule has 0 spiro atoms. The molecule has 3 heterocycles. The van der Waals surface area contributed by atoms with Crippen LogP contribution in [0.15, 0.2) is 48.8 Å². The second kappa shape index (κ2) is 11.1. The van der Waals surface area contributed by atoms with Crippen LogP contribution in [0.2, 0.25) is 0 Å². The number of esters is 1. The lowest BCUT2D eigenvalue weighted by Crippen LogP contribution is -2.38. The number of hydrogen-bond donors (Lipinski definition) is 2. The molecule has 0 aromatic carbocycles. The van der Waals surface area contributed by atoms with E-state index in [-0.39, 0.29) is 23.6 Å². The Hall–Kier alpha value is -3.53. The molecule has 3 aromatic rings. The SMILES string of the molecule is CCC(O)(c1ccc(-c2cc(C)cc(Nc3cc(C(F)(F)F)ccn3)n2)cn1)C1CCC(C(=O)OC)CC1. The normalized spacial score (nSPS) is 19.4. The Morgan fingerprint density at radius 3 is 2.42 bits per heavy atom. The molecule has 0 bridgehead atoms. The molecule has 202 valence electrons. The van der Waals surface area contributed by atoms with Crippen molar-refractivity contribution >= 4 is 17.6 Å². The molecule has 2 N–H and O–H groups in total. The van der Waals surface area contributed by atoms with Gasteiger partial charge in [0, 0.05) is 18.0 Å². The number of methoxy groups -OCH3 is 1. The van der Waals surface area contributed by atoms with E-state index in [0.29, 0.717) is 54.9 Å². The summed E-state index contributed by atoms with van der Waals surface area (Å²) in [5, 5.41) is 14.5. The molecule has 0 aliphatic heterocycles. The molecule has 38 heavy (non-hydrogen) atoms. The van der Waals surface area contributed by atoms with Gasteiger partial charge in [-0.1, -0.05) is 6.92 Å². The summed E-state index contributed by atoms with van der Waals surface area (Å²) in [5.74, 6) is 0.0265. The van der Waals surface area contributed by atoms with Gasteiger partial charge in [-0.3, -0.25) is 9.78 Å². The Balaban J connectivity index is 1.53. The van der Waals surface area contributed by atoms with Gasteiger partial charge < -0.3 is 15.2 Å². The Labute approximate surface area is 219 Å². The lowest BCUT2D eigenvalue weighted by atomic mass is 9.71. The number of aryl methyl sites for hydroxylation is 1. The van der Waals surface area contributed by atoms with Crippen molar-refractivity contribution in [2.45, 2.75) is 57.7 Å². The van der Waals surface area contributed by atoms with Crippen molar-refractivity contribution in [2.24, 2.45) is 11.8 Å². The Bertz CT molecular complexity index is 1280. The first-order valence-electron chi connectivity index (χ1n) is 12.6. The summed E-state index contributed by atoms with van der Waals surface area (Å²) < 4.78 is 44.1. The third-order valence-corrected chi connectivity index (χ3v) is 7.29. The maximum Gasteiger partial charge on any atom is 0.416 e. The predicted molar refractivity (Wildman–Crippen MR) is 136 cm³/mol. The average Bonchev–Trinajstić information content (AvgIpc) is 2.91. The number of nitrogens with zero attached hydrogens (tertiary/aromatic N) is 3. The Kier molecular flexibility index (Phi) is 8.01. The van der Waals surface area contributed by atoms with Crippen LogP contribution in [-0.4, -0.2) is 33.1 Å². The molecule has 1 aliphatic rings. The number of carbonyl (C=O) groups excluding carboxylic acids is 1. The predicted octanol–water partition coefficient (Wildman–Crippen LogP) is 6.19. The fraction of sp³-hybridized carbons (Fsp3) is 0.429. The van der Waals surface area contributed by atoms with E-state index in [9.17, 15) is 23.1 Å². The van der Waals surface area contributed by atoms with Crippen LogP contribution >= 0.6 is 0 Å². The second-order valence-electron chi connectivity index (χ2n) is 9.75. The number of rotatable bonds is 7. The molecule has 3 aromatic heterocycles. The molecule has 10 heteroatoms. The van der Waals surface area contributed by atoms with Crippen LogP contribution in [0.3, 0.4) is 0 Å².